The van der Waals surface area contributed by atoms with E-state index in [0.29, 0.717) is 24.7 Å². The molecule has 0 bridgehead atoms. The minimum absolute atomic E-state index is 0.257. The Morgan fingerprint density at radius 1 is 1.07 bits per heavy atom. The second-order valence-corrected chi connectivity index (χ2v) is 9.17. The summed E-state index contributed by atoms with van der Waals surface area (Å²) < 4.78 is 5.28. The highest BCUT2D eigenvalue weighted by Gasteiger charge is 2.50. The Kier molecular flexibility index (Phi) is 6.12. The number of nitrogens with zero attached hydrogens (tertiary/aromatic N) is 2. The average Bonchev–Trinajstić information content (AvgIpc) is 3.38. The third-order valence-electron chi connectivity index (χ3n) is 7.44. The maximum Gasteiger partial charge on any atom is 0.222 e. The monoisotopic (exact) mass is 398 g/mol. The molecule has 0 radical (unpaired) electrons. The average molecular weight is 399 g/mol. The van der Waals surface area contributed by atoms with Gasteiger partial charge in [-0.1, -0.05) is 18.6 Å². The second kappa shape index (κ2) is 8.76. The molecule has 158 valence electrons. The van der Waals surface area contributed by atoms with Crippen LogP contribution in [0.5, 0.6) is 5.75 Å². The van der Waals surface area contributed by atoms with Crippen LogP contribution in [0.4, 0.5) is 0 Å². The van der Waals surface area contributed by atoms with Crippen molar-refractivity contribution >= 4 is 11.8 Å². The van der Waals surface area contributed by atoms with E-state index in [9.17, 15) is 9.59 Å². The zero-order valence-corrected chi connectivity index (χ0v) is 17.7. The number of hydrogen-bond donors (Lipinski definition) is 0. The topological polar surface area (TPSA) is 49.9 Å². The number of ether oxygens (including phenoxy) is 1. The van der Waals surface area contributed by atoms with Crippen LogP contribution in [0.15, 0.2) is 24.3 Å². The number of aryl methyl sites for hydroxylation is 1. The fourth-order valence-corrected chi connectivity index (χ4v) is 5.48. The molecular formula is C24H34N2O3. The van der Waals surface area contributed by atoms with Crippen molar-refractivity contribution in [1.29, 1.82) is 0 Å². The Morgan fingerprint density at radius 2 is 1.83 bits per heavy atom. The Labute approximate surface area is 174 Å². The van der Waals surface area contributed by atoms with E-state index in [2.05, 4.69) is 11.0 Å². The molecule has 1 unspecified atom stereocenters. The highest BCUT2D eigenvalue weighted by atomic mass is 16.5. The largest absolute Gasteiger partial charge is 0.497 e. The smallest absolute Gasteiger partial charge is 0.222 e. The van der Waals surface area contributed by atoms with Crippen LogP contribution in [-0.4, -0.2) is 54.9 Å². The van der Waals surface area contributed by atoms with Crippen molar-refractivity contribution in [3.63, 3.8) is 0 Å². The van der Waals surface area contributed by atoms with Crippen molar-refractivity contribution < 1.29 is 14.3 Å². The minimum Gasteiger partial charge on any atom is -0.497 e. The number of likely N-dealkylation sites (tertiary alicyclic amines) is 2. The van der Waals surface area contributed by atoms with Crippen molar-refractivity contribution in [2.24, 2.45) is 11.3 Å². The van der Waals surface area contributed by atoms with Gasteiger partial charge in [0, 0.05) is 39.0 Å². The number of methoxy groups -OCH3 is 1. The first-order chi connectivity index (χ1) is 14.1. The molecule has 2 saturated heterocycles. The lowest BCUT2D eigenvalue weighted by molar-refractivity contribution is -0.131. The predicted octanol–water partition coefficient (Wildman–Crippen LogP) is 3.66. The molecule has 4 rings (SSSR count). The van der Waals surface area contributed by atoms with Crippen LogP contribution < -0.4 is 4.74 Å². The van der Waals surface area contributed by atoms with Crippen LogP contribution in [-0.2, 0) is 16.0 Å². The van der Waals surface area contributed by atoms with E-state index in [1.165, 1.54) is 19.3 Å². The van der Waals surface area contributed by atoms with E-state index in [1.54, 1.807) is 7.11 Å². The Balaban J connectivity index is 1.30. The van der Waals surface area contributed by atoms with Gasteiger partial charge in [-0.2, -0.15) is 0 Å². The van der Waals surface area contributed by atoms with Crippen molar-refractivity contribution in [2.45, 2.75) is 57.8 Å². The maximum atomic E-state index is 12.9. The van der Waals surface area contributed by atoms with Gasteiger partial charge < -0.3 is 14.5 Å². The molecule has 1 aromatic rings. The molecule has 29 heavy (non-hydrogen) atoms. The molecule has 1 aliphatic carbocycles. The summed E-state index contributed by atoms with van der Waals surface area (Å²) >= 11 is 0. The second-order valence-electron chi connectivity index (χ2n) is 9.17. The fourth-order valence-electron chi connectivity index (χ4n) is 5.48. The SMILES string of the molecule is COc1cccc(CCC(=O)N2CC(CCC(=O)N3CCCC3)C3(CCC3)C2)c1. The molecule has 3 aliphatic rings. The summed E-state index contributed by atoms with van der Waals surface area (Å²) in [5, 5.41) is 0. The Morgan fingerprint density at radius 3 is 2.52 bits per heavy atom. The zero-order chi connectivity index (χ0) is 20.3. The van der Waals surface area contributed by atoms with E-state index in [1.807, 2.05) is 23.1 Å². The molecule has 1 aromatic carbocycles. The summed E-state index contributed by atoms with van der Waals surface area (Å²) in [7, 11) is 1.67. The van der Waals surface area contributed by atoms with Crippen LogP contribution in [0.3, 0.4) is 0 Å². The zero-order valence-electron chi connectivity index (χ0n) is 17.7. The van der Waals surface area contributed by atoms with Gasteiger partial charge in [0.05, 0.1) is 7.11 Å². The highest BCUT2D eigenvalue weighted by Crippen LogP contribution is 2.53. The van der Waals surface area contributed by atoms with Crippen molar-refractivity contribution in [1.82, 2.24) is 9.80 Å². The molecular weight excluding hydrogens is 364 g/mol. The first-order valence-corrected chi connectivity index (χ1v) is 11.3. The number of amides is 2. The summed E-state index contributed by atoms with van der Waals surface area (Å²) in [5.74, 6) is 1.91. The fraction of sp³-hybridized carbons (Fsp3) is 0.667. The number of rotatable bonds is 7. The molecule has 2 heterocycles. The van der Waals surface area contributed by atoms with Gasteiger partial charge in [-0.3, -0.25) is 9.59 Å². The quantitative estimate of drug-likeness (QED) is 0.704. The van der Waals surface area contributed by atoms with Crippen LogP contribution in [0, 0.1) is 11.3 Å². The lowest BCUT2D eigenvalue weighted by atomic mass is 9.62. The van der Waals surface area contributed by atoms with Crippen molar-refractivity contribution in [2.75, 3.05) is 33.3 Å². The van der Waals surface area contributed by atoms with Gasteiger partial charge in [-0.25, -0.2) is 0 Å². The number of hydrogen-bond acceptors (Lipinski definition) is 3. The van der Waals surface area contributed by atoms with E-state index >= 15 is 0 Å². The molecule has 2 amide bonds. The number of benzene rings is 1. The maximum absolute atomic E-state index is 12.9. The summed E-state index contributed by atoms with van der Waals surface area (Å²) in [4.78, 5) is 29.5. The van der Waals surface area contributed by atoms with Crippen LogP contribution in [0.2, 0.25) is 0 Å². The molecule has 1 saturated carbocycles. The van der Waals surface area contributed by atoms with Crippen LogP contribution in [0.1, 0.15) is 56.9 Å². The van der Waals surface area contributed by atoms with Gasteiger partial charge in [-0.05, 0) is 67.6 Å². The summed E-state index contributed by atoms with van der Waals surface area (Å²) in [6, 6.07) is 7.98. The van der Waals surface area contributed by atoms with Crippen LogP contribution in [0.25, 0.3) is 0 Å². The molecule has 0 N–H and O–H groups in total. The van der Waals surface area contributed by atoms with Gasteiger partial charge in [0.1, 0.15) is 5.75 Å². The lowest BCUT2D eigenvalue weighted by Gasteiger charge is -2.43. The third-order valence-corrected chi connectivity index (χ3v) is 7.44. The standard InChI is InChI=1S/C24H34N2O3/c1-29-21-7-4-6-19(16-21)8-10-23(28)26-17-20(24(18-26)12-5-13-24)9-11-22(27)25-14-2-3-15-25/h4,6-7,16,20H,2-3,5,8-15,17-18H2,1H3. The van der Waals surface area contributed by atoms with Crippen molar-refractivity contribution in [3.05, 3.63) is 29.8 Å². The normalized spacial score (nSPS) is 22.7. The lowest BCUT2D eigenvalue weighted by Crippen LogP contribution is -2.39. The predicted molar refractivity (Wildman–Crippen MR) is 113 cm³/mol. The molecule has 5 heteroatoms. The molecule has 2 aliphatic heterocycles. The molecule has 1 atom stereocenters. The third kappa shape index (κ3) is 4.44. The van der Waals surface area contributed by atoms with Crippen molar-refractivity contribution in [3.8, 4) is 5.75 Å². The van der Waals surface area contributed by atoms with E-state index in [4.69, 9.17) is 4.74 Å². The summed E-state index contributed by atoms with van der Waals surface area (Å²) in [6.07, 6.45) is 8.88. The Bertz CT molecular complexity index is 737. The van der Waals surface area contributed by atoms with E-state index in [-0.39, 0.29) is 11.3 Å². The van der Waals surface area contributed by atoms with Crippen LogP contribution >= 0.6 is 0 Å². The molecule has 3 fully saturated rings. The number of carbonyl (C=O) groups excluding carboxylic acids is 2. The van der Waals surface area contributed by atoms with Gasteiger partial charge in [0.2, 0.25) is 11.8 Å². The van der Waals surface area contributed by atoms with Gasteiger partial charge in [-0.15, -0.1) is 0 Å². The first-order valence-electron chi connectivity index (χ1n) is 11.3. The van der Waals surface area contributed by atoms with Gasteiger partial charge >= 0.3 is 0 Å². The highest BCUT2D eigenvalue weighted by molar-refractivity contribution is 5.77. The molecule has 1 spiro atoms. The molecule has 0 aromatic heterocycles. The van der Waals surface area contributed by atoms with E-state index < -0.39 is 0 Å². The summed E-state index contributed by atoms with van der Waals surface area (Å²) in [6.45, 7) is 3.60. The minimum atomic E-state index is 0.257. The molecule has 5 nitrogen and oxygen atoms in total. The summed E-state index contributed by atoms with van der Waals surface area (Å²) in [5.41, 5.74) is 1.43. The first kappa shape index (κ1) is 20.2. The van der Waals surface area contributed by atoms with E-state index in [0.717, 1.165) is 63.2 Å². The van der Waals surface area contributed by atoms with Gasteiger partial charge in [0.15, 0.2) is 0 Å². The number of carbonyl (C=O) groups is 2. The Hall–Kier alpha value is -2.04. The van der Waals surface area contributed by atoms with Gasteiger partial charge in [0.25, 0.3) is 0 Å².